The molecule has 0 amide bonds. The van der Waals surface area contributed by atoms with Crippen molar-refractivity contribution in [2.75, 3.05) is 7.05 Å². The van der Waals surface area contributed by atoms with Crippen molar-refractivity contribution in [3.63, 3.8) is 0 Å². The number of aryl methyl sites for hydroxylation is 1. The Morgan fingerprint density at radius 1 is 1.31 bits per heavy atom. The number of nitrogens with one attached hydrogen (secondary N) is 1. The lowest BCUT2D eigenvalue weighted by molar-refractivity contribution is 0.806. The molecule has 0 atom stereocenters. The van der Waals surface area contributed by atoms with Gasteiger partial charge in [0, 0.05) is 6.54 Å². The van der Waals surface area contributed by atoms with Crippen LogP contribution in [0.1, 0.15) is 36.5 Å². The van der Waals surface area contributed by atoms with Gasteiger partial charge in [0.1, 0.15) is 0 Å². The molecule has 0 aliphatic heterocycles. The van der Waals surface area contributed by atoms with Gasteiger partial charge in [-0.25, -0.2) is 0 Å². The molecule has 1 heteroatoms. The summed E-state index contributed by atoms with van der Waals surface area (Å²) in [6.07, 6.45) is 0. The van der Waals surface area contributed by atoms with Crippen LogP contribution in [0.25, 0.3) is 0 Å². The standard InChI is InChI=1S/C12H19N/c1-9(2)11-5-6-12(8-13-4)10(3)7-11/h5-7,9,13H,8H2,1-4H3. The smallest absolute Gasteiger partial charge is 0.0205 e. The summed E-state index contributed by atoms with van der Waals surface area (Å²) in [6.45, 7) is 7.60. The lowest BCUT2D eigenvalue weighted by atomic mass is 9.98. The highest BCUT2D eigenvalue weighted by Crippen LogP contribution is 2.18. The lowest BCUT2D eigenvalue weighted by Gasteiger charge is -2.10. The van der Waals surface area contributed by atoms with Gasteiger partial charge in [0.25, 0.3) is 0 Å². The van der Waals surface area contributed by atoms with Crippen molar-refractivity contribution in [3.05, 3.63) is 34.9 Å². The van der Waals surface area contributed by atoms with Gasteiger partial charge in [0.15, 0.2) is 0 Å². The Labute approximate surface area is 81.2 Å². The van der Waals surface area contributed by atoms with Gasteiger partial charge in [0.05, 0.1) is 0 Å². The third-order valence-electron chi connectivity index (χ3n) is 2.40. The third-order valence-corrected chi connectivity index (χ3v) is 2.40. The quantitative estimate of drug-likeness (QED) is 0.748. The fourth-order valence-electron chi connectivity index (χ4n) is 1.47. The molecule has 1 rings (SSSR count). The van der Waals surface area contributed by atoms with Crippen LogP contribution in [0.2, 0.25) is 0 Å². The van der Waals surface area contributed by atoms with E-state index in [-0.39, 0.29) is 0 Å². The van der Waals surface area contributed by atoms with Crippen LogP contribution in [0, 0.1) is 6.92 Å². The Hall–Kier alpha value is -0.820. The largest absolute Gasteiger partial charge is 0.316 e. The summed E-state index contributed by atoms with van der Waals surface area (Å²) in [5, 5.41) is 3.17. The maximum atomic E-state index is 3.17. The minimum atomic E-state index is 0.627. The van der Waals surface area contributed by atoms with Crippen molar-refractivity contribution in [1.29, 1.82) is 0 Å². The molecule has 13 heavy (non-hydrogen) atoms. The van der Waals surface area contributed by atoms with Gasteiger partial charge in [-0.2, -0.15) is 0 Å². The Kier molecular flexibility index (Phi) is 3.49. The zero-order valence-electron chi connectivity index (χ0n) is 9.02. The maximum Gasteiger partial charge on any atom is 0.0205 e. The molecular weight excluding hydrogens is 158 g/mol. The van der Waals surface area contributed by atoms with Crippen LogP contribution < -0.4 is 5.32 Å². The van der Waals surface area contributed by atoms with Gasteiger partial charge in [0.2, 0.25) is 0 Å². The van der Waals surface area contributed by atoms with E-state index in [0.29, 0.717) is 5.92 Å². The summed E-state index contributed by atoms with van der Waals surface area (Å²) in [4.78, 5) is 0. The van der Waals surface area contributed by atoms with Gasteiger partial charge in [-0.3, -0.25) is 0 Å². The molecule has 0 aromatic heterocycles. The molecule has 1 aromatic carbocycles. The second kappa shape index (κ2) is 4.43. The van der Waals surface area contributed by atoms with E-state index < -0.39 is 0 Å². The molecule has 1 N–H and O–H groups in total. The SMILES string of the molecule is CNCc1ccc(C(C)C)cc1C. The molecule has 0 saturated heterocycles. The fourth-order valence-corrected chi connectivity index (χ4v) is 1.47. The van der Waals surface area contributed by atoms with Crippen molar-refractivity contribution < 1.29 is 0 Å². The molecule has 0 fully saturated rings. The molecule has 1 nitrogen and oxygen atoms in total. The predicted octanol–water partition coefficient (Wildman–Crippen LogP) is 2.84. The zero-order valence-corrected chi connectivity index (χ0v) is 9.02. The monoisotopic (exact) mass is 177 g/mol. The van der Waals surface area contributed by atoms with Crippen molar-refractivity contribution in [2.45, 2.75) is 33.2 Å². The molecule has 1 aromatic rings. The van der Waals surface area contributed by atoms with Crippen LogP contribution in [-0.2, 0) is 6.54 Å². The van der Waals surface area contributed by atoms with Crippen LogP contribution in [0.4, 0.5) is 0 Å². The van der Waals surface area contributed by atoms with Crippen LogP contribution >= 0.6 is 0 Å². The topological polar surface area (TPSA) is 12.0 Å². The molecule has 0 aliphatic carbocycles. The number of hydrogen-bond donors (Lipinski definition) is 1. The average molecular weight is 177 g/mol. The number of hydrogen-bond acceptors (Lipinski definition) is 1. The zero-order chi connectivity index (χ0) is 9.84. The van der Waals surface area contributed by atoms with E-state index in [4.69, 9.17) is 0 Å². The Bertz CT molecular complexity index is 276. The third kappa shape index (κ3) is 2.56. The molecule has 72 valence electrons. The van der Waals surface area contributed by atoms with Crippen molar-refractivity contribution >= 4 is 0 Å². The second-order valence-electron chi connectivity index (χ2n) is 3.87. The fraction of sp³-hybridized carbons (Fsp3) is 0.500. The van der Waals surface area contributed by atoms with Crippen LogP contribution in [0.15, 0.2) is 18.2 Å². The summed E-state index contributed by atoms with van der Waals surface area (Å²) in [7, 11) is 1.98. The van der Waals surface area contributed by atoms with Gasteiger partial charge in [-0.1, -0.05) is 32.0 Å². The highest BCUT2D eigenvalue weighted by Gasteiger charge is 2.01. The van der Waals surface area contributed by atoms with E-state index in [1.807, 2.05) is 7.05 Å². The molecule has 0 heterocycles. The van der Waals surface area contributed by atoms with E-state index in [1.54, 1.807) is 0 Å². The summed E-state index contributed by atoms with van der Waals surface area (Å²) in [5.41, 5.74) is 4.21. The summed E-state index contributed by atoms with van der Waals surface area (Å²) in [6, 6.07) is 6.74. The van der Waals surface area contributed by atoms with Crippen molar-refractivity contribution in [1.82, 2.24) is 5.32 Å². The van der Waals surface area contributed by atoms with Gasteiger partial charge in [-0.15, -0.1) is 0 Å². The Morgan fingerprint density at radius 3 is 2.46 bits per heavy atom. The molecule has 0 radical (unpaired) electrons. The normalized spacial score (nSPS) is 10.8. The summed E-state index contributed by atoms with van der Waals surface area (Å²) < 4.78 is 0. The molecule has 0 saturated carbocycles. The number of benzene rings is 1. The minimum absolute atomic E-state index is 0.627. The van der Waals surface area contributed by atoms with Crippen molar-refractivity contribution in [3.8, 4) is 0 Å². The molecular formula is C12H19N. The van der Waals surface area contributed by atoms with Crippen molar-refractivity contribution in [2.24, 2.45) is 0 Å². The number of rotatable bonds is 3. The van der Waals surface area contributed by atoms with E-state index in [2.05, 4.69) is 44.3 Å². The van der Waals surface area contributed by atoms with E-state index in [0.717, 1.165) is 6.54 Å². The van der Waals surface area contributed by atoms with E-state index >= 15 is 0 Å². The first-order valence-corrected chi connectivity index (χ1v) is 4.89. The van der Waals surface area contributed by atoms with E-state index in [1.165, 1.54) is 16.7 Å². The molecule has 0 spiro atoms. The van der Waals surface area contributed by atoms with Crippen LogP contribution in [0.5, 0.6) is 0 Å². The molecule has 0 unspecified atom stereocenters. The first kappa shape index (κ1) is 10.3. The van der Waals surface area contributed by atoms with Crippen LogP contribution in [-0.4, -0.2) is 7.05 Å². The van der Waals surface area contributed by atoms with Gasteiger partial charge in [-0.05, 0) is 36.6 Å². The van der Waals surface area contributed by atoms with E-state index in [9.17, 15) is 0 Å². The first-order valence-electron chi connectivity index (χ1n) is 4.89. The Balaban J connectivity index is 2.92. The molecule has 0 aliphatic rings. The summed E-state index contributed by atoms with van der Waals surface area (Å²) in [5.74, 6) is 0.627. The van der Waals surface area contributed by atoms with Gasteiger partial charge < -0.3 is 5.32 Å². The second-order valence-corrected chi connectivity index (χ2v) is 3.87. The summed E-state index contributed by atoms with van der Waals surface area (Å²) >= 11 is 0. The van der Waals surface area contributed by atoms with Crippen LogP contribution in [0.3, 0.4) is 0 Å². The minimum Gasteiger partial charge on any atom is -0.316 e. The molecule has 0 bridgehead atoms. The predicted molar refractivity (Wildman–Crippen MR) is 58.0 cm³/mol. The maximum absolute atomic E-state index is 3.17. The average Bonchev–Trinajstić information content (AvgIpc) is 2.08. The highest BCUT2D eigenvalue weighted by atomic mass is 14.8. The van der Waals surface area contributed by atoms with Gasteiger partial charge >= 0.3 is 0 Å². The highest BCUT2D eigenvalue weighted by molar-refractivity contribution is 5.32. The first-order chi connectivity index (χ1) is 6.15. The Morgan fingerprint density at radius 2 is 2.00 bits per heavy atom. The lowest BCUT2D eigenvalue weighted by Crippen LogP contribution is -2.06.